The molecule has 0 saturated carbocycles. The molecule has 1 aromatic carbocycles. The van der Waals surface area contributed by atoms with Gasteiger partial charge in [0.05, 0.1) is 11.3 Å². The van der Waals surface area contributed by atoms with Gasteiger partial charge in [0.15, 0.2) is 0 Å². The number of carbonyl (C=O) groups excluding carboxylic acids is 1. The molecule has 1 aromatic heterocycles. The Kier molecular flexibility index (Phi) is 3.94. The molecule has 0 atom stereocenters. The lowest BCUT2D eigenvalue weighted by molar-refractivity contribution is -0.136. The van der Waals surface area contributed by atoms with Gasteiger partial charge in [-0.15, -0.1) is 11.3 Å². The maximum absolute atomic E-state index is 13.8. The molecule has 114 valence electrons. The Morgan fingerprint density at radius 1 is 1.27 bits per heavy atom. The lowest BCUT2D eigenvalue weighted by Gasteiger charge is -2.06. The van der Waals surface area contributed by atoms with Crippen molar-refractivity contribution in [1.29, 1.82) is 0 Å². The van der Waals surface area contributed by atoms with Crippen LogP contribution in [0.15, 0.2) is 24.3 Å². The summed E-state index contributed by atoms with van der Waals surface area (Å²) >= 11 is 1.48. The predicted molar refractivity (Wildman–Crippen MR) is 82.0 cm³/mol. The van der Waals surface area contributed by atoms with Gasteiger partial charge in [0.2, 0.25) is 0 Å². The van der Waals surface area contributed by atoms with E-state index in [1.807, 2.05) is 6.07 Å². The average molecular weight is 319 g/mol. The van der Waals surface area contributed by atoms with Crippen LogP contribution < -0.4 is 5.32 Å². The number of fused-ring (bicyclic) bond motifs is 1. The molecular weight excluding hydrogens is 305 g/mol. The van der Waals surface area contributed by atoms with Crippen molar-refractivity contribution in [3.05, 3.63) is 51.0 Å². The Morgan fingerprint density at radius 2 is 2.09 bits per heavy atom. The van der Waals surface area contributed by atoms with Gasteiger partial charge in [0.25, 0.3) is 5.91 Å². The highest BCUT2D eigenvalue weighted by molar-refractivity contribution is 7.14. The molecular formula is C16H14FNO3S. The van der Waals surface area contributed by atoms with Crippen LogP contribution in [0.25, 0.3) is 0 Å². The number of halogens is 1. The fourth-order valence-electron chi connectivity index (χ4n) is 2.56. The third kappa shape index (κ3) is 3.01. The first-order valence-corrected chi connectivity index (χ1v) is 7.78. The Morgan fingerprint density at radius 3 is 2.77 bits per heavy atom. The number of rotatable bonds is 4. The van der Waals surface area contributed by atoms with E-state index in [1.165, 1.54) is 33.9 Å². The van der Waals surface area contributed by atoms with Crippen molar-refractivity contribution < 1.29 is 19.1 Å². The number of amides is 1. The molecule has 0 unspecified atom stereocenters. The molecule has 1 amide bonds. The highest BCUT2D eigenvalue weighted by atomic mass is 32.1. The monoisotopic (exact) mass is 319 g/mol. The second kappa shape index (κ2) is 5.88. The van der Waals surface area contributed by atoms with E-state index in [4.69, 9.17) is 5.11 Å². The maximum Gasteiger partial charge on any atom is 0.307 e. The molecule has 2 N–H and O–H groups in total. The average Bonchev–Trinajstić information content (AvgIpc) is 3.02. The van der Waals surface area contributed by atoms with Crippen molar-refractivity contribution >= 4 is 28.9 Å². The molecule has 22 heavy (non-hydrogen) atoms. The number of hydrogen-bond acceptors (Lipinski definition) is 3. The first-order chi connectivity index (χ1) is 10.5. The number of benzene rings is 1. The van der Waals surface area contributed by atoms with Crippen molar-refractivity contribution in [2.24, 2.45) is 0 Å². The zero-order valence-electron chi connectivity index (χ0n) is 11.7. The SMILES string of the molecule is O=C(O)Cc1ccc(NC(=O)c2cc3c(s2)CCC3)cc1F. The van der Waals surface area contributed by atoms with E-state index in [-0.39, 0.29) is 17.9 Å². The molecule has 1 aliphatic rings. The third-order valence-electron chi connectivity index (χ3n) is 3.62. The number of nitrogens with one attached hydrogen (secondary N) is 1. The highest BCUT2D eigenvalue weighted by Gasteiger charge is 2.18. The smallest absolute Gasteiger partial charge is 0.307 e. The zero-order chi connectivity index (χ0) is 15.7. The molecule has 1 aliphatic carbocycles. The summed E-state index contributed by atoms with van der Waals surface area (Å²) in [5, 5.41) is 11.3. The van der Waals surface area contributed by atoms with Gasteiger partial charge in [-0.2, -0.15) is 0 Å². The van der Waals surface area contributed by atoms with Crippen LogP contribution in [0.1, 0.15) is 32.1 Å². The van der Waals surface area contributed by atoms with Gasteiger partial charge in [-0.25, -0.2) is 4.39 Å². The number of anilines is 1. The van der Waals surface area contributed by atoms with E-state index in [0.29, 0.717) is 10.6 Å². The summed E-state index contributed by atoms with van der Waals surface area (Å²) in [5.41, 5.74) is 1.66. The second-order valence-corrected chi connectivity index (χ2v) is 6.38. The van der Waals surface area contributed by atoms with E-state index in [9.17, 15) is 14.0 Å². The lowest BCUT2D eigenvalue weighted by atomic mass is 10.1. The number of carbonyl (C=O) groups is 2. The number of hydrogen-bond donors (Lipinski definition) is 2. The number of aryl methyl sites for hydroxylation is 2. The Bertz CT molecular complexity index is 732. The number of carboxylic acids is 1. The minimum atomic E-state index is -1.09. The van der Waals surface area contributed by atoms with Gasteiger partial charge in [0.1, 0.15) is 5.82 Å². The van der Waals surface area contributed by atoms with Crippen LogP contribution in [0.4, 0.5) is 10.1 Å². The fraction of sp³-hybridized carbons (Fsp3) is 0.250. The highest BCUT2D eigenvalue weighted by Crippen LogP contribution is 2.31. The van der Waals surface area contributed by atoms with Crippen LogP contribution in [0.3, 0.4) is 0 Å². The van der Waals surface area contributed by atoms with Gasteiger partial charge in [-0.3, -0.25) is 9.59 Å². The maximum atomic E-state index is 13.8. The van der Waals surface area contributed by atoms with Gasteiger partial charge >= 0.3 is 5.97 Å². The minimum absolute atomic E-state index is 0.0978. The molecule has 4 nitrogen and oxygen atoms in total. The largest absolute Gasteiger partial charge is 0.481 e. The first kappa shape index (κ1) is 14.7. The van der Waals surface area contributed by atoms with Crippen LogP contribution in [0.5, 0.6) is 0 Å². The summed E-state index contributed by atoms with van der Waals surface area (Å²) < 4.78 is 13.8. The predicted octanol–water partition coefficient (Wildman–Crippen LogP) is 3.26. The molecule has 1 heterocycles. The van der Waals surface area contributed by atoms with Crippen LogP contribution >= 0.6 is 11.3 Å². The van der Waals surface area contributed by atoms with Crippen LogP contribution in [-0.2, 0) is 24.1 Å². The van der Waals surface area contributed by atoms with E-state index in [1.54, 1.807) is 0 Å². The third-order valence-corrected chi connectivity index (χ3v) is 4.86. The molecule has 0 saturated heterocycles. The molecule has 0 aliphatic heterocycles. The summed E-state index contributed by atoms with van der Waals surface area (Å²) in [5.74, 6) is -1.98. The molecule has 0 fully saturated rings. The molecule has 3 rings (SSSR count). The van der Waals surface area contributed by atoms with Gasteiger partial charge < -0.3 is 10.4 Å². The van der Waals surface area contributed by atoms with Crippen molar-refractivity contribution in [2.45, 2.75) is 25.7 Å². The number of aliphatic carboxylic acids is 1. The Balaban J connectivity index is 1.73. The molecule has 0 radical (unpaired) electrons. The standard InChI is InChI=1S/C16H14FNO3S/c17-12-8-11(5-4-9(12)7-15(19)20)18-16(21)14-6-10-2-1-3-13(10)22-14/h4-6,8H,1-3,7H2,(H,18,21)(H,19,20). The summed E-state index contributed by atoms with van der Waals surface area (Å²) in [4.78, 5) is 24.7. The van der Waals surface area contributed by atoms with E-state index >= 15 is 0 Å². The van der Waals surface area contributed by atoms with Crippen LogP contribution in [-0.4, -0.2) is 17.0 Å². The second-order valence-electron chi connectivity index (χ2n) is 5.24. The Labute approximate surface area is 130 Å². The zero-order valence-corrected chi connectivity index (χ0v) is 12.5. The van der Waals surface area contributed by atoms with Crippen molar-refractivity contribution in [1.82, 2.24) is 0 Å². The number of thiophene rings is 1. The van der Waals surface area contributed by atoms with Crippen molar-refractivity contribution in [3.8, 4) is 0 Å². The summed E-state index contributed by atoms with van der Waals surface area (Å²) in [7, 11) is 0. The minimum Gasteiger partial charge on any atom is -0.481 e. The topological polar surface area (TPSA) is 66.4 Å². The summed E-state index contributed by atoms with van der Waals surface area (Å²) in [6.07, 6.45) is 2.79. The van der Waals surface area contributed by atoms with Gasteiger partial charge in [0, 0.05) is 10.6 Å². The fourth-order valence-corrected chi connectivity index (χ4v) is 3.71. The molecule has 0 spiro atoms. The quantitative estimate of drug-likeness (QED) is 0.909. The molecule has 6 heteroatoms. The van der Waals surface area contributed by atoms with E-state index in [2.05, 4.69) is 5.32 Å². The first-order valence-electron chi connectivity index (χ1n) is 6.96. The summed E-state index contributed by atoms with van der Waals surface area (Å²) in [6, 6.07) is 5.95. The van der Waals surface area contributed by atoms with Crippen molar-refractivity contribution in [3.63, 3.8) is 0 Å². The van der Waals surface area contributed by atoms with Crippen LogP contribution in [0, 0.1) is 5.82 Å². The van der Waals surface area contributed by atoms with Crippen molar-refractivity contribution in [2.75, 3.05) is 5.32 Å². The molecule has 0 bridgehead atoms. The Hall–Kier alpha value is -2.21. The summed E-state index contributed by atoms with van der Waals surface area (Å²) in [6.45, 7) is 0. The van der Waals surface area contributed by atoms with E-state index < -0.39 is 11.8 Å². The van der Waals surface area contributed by atoms with E-state index in [0.717, 1.165) is 25.3 Å². The molecule has 2 aromatic rings. The van der Waals surface area contributed by atoms with Crippen LogP contribution in [0.2, 0.25) is 0 Å². The normalized spacial score (nSPS) is 13.0. The number of carboxylic acid groups (broad SMARTS) is 1. The lowest BCUT2D eigenvalue weighted by Crippen LogP contribution is -2.11. The van der Waals surface area contributed by atoms with Gasteiger partial charge in [-0.05, 0) is 48.6 Å². The van der Waals surface area contributed by atoms with Gasteiger partial charge in [-0.1, -0.05) is 6.07 Å².